The Balaban J connectivity index is 1.71. The highest BCUT2D eigenvalue weighted by molar-refractivity contribution is 7.25. The van der Waals surface area contributed by atoms with E-state index in [9.17, 15) is 0 Å². The van der Waals surface area contributed by atoms with E-state index in [0.717, 1.165) is 5.52 Å². The number of rotatable bonds is 2. The molecule has 1 nitrogen and oxygen atoms in total. The van der Waals surface area contributed by atoms with Gasteiger partial charge in [0.25, 0.3) is 0 Å². The van der Waals surface area contributed by atoms with Gasteiger partial charge >= 0.3 is 0 Å². The zero-order chi connectivity index (χ0) is 21.8. The van der Waals surface area contributed by atoms with Crippen molar-refractivity contribution in [2.75, 3.05) is 0 Å². The van der Waals surface area contributed by atoms with Gasteiger partial charge in [-0.05, 0) is 45.7 Å². The Bertz CT molecular complexity index is 1760. The van der Waals surface area contributed by atoms with Crippen LogP contribution in [-0.2, 0) is 0 Å². The summed E-state index contributed by atoms with van der Waals surface area (Å²) >= 11 is 1.87. The fourth-order valence-electron chi connectivity index (χ4n) is 5.17. The first-order chi connectivity index (χ1) is 16.4. The first kappa shape index (κ1) is 18.6. The third-order valence-corrected chi connectivity index (χ3v) is 7.65. The lowest BCUT2D eigenvalue weighted by Gasteiger charge is -2.17. The molecule has 5 aromatic carbocycles. The summed E-state index contributed by atoms with van der Waals surface area (Å²) in [5, 5.41) is 6.35. The van der Waals surface area contributed by atoms with Gasteiger partial charge in [-0.25, -0.2) is 0 Å². The largest absolute Gasteiger partial charge is 0.256 e. The molecule has 0 bridgehead atoms. The fourth-order valence-corrected chi connectivity index (χ4v) is 6.30. The van der Waals surface area contributed by atoms with Gasteiger partial charge in [0, 0.05) is 37.3 Å². The van der Waals surface area contributed by atoms with Crippen molar-refractivity contribution >= 4 is 53.2 Å². The number of pyridine rings is 1. The van der Waals surface area contributed by atoms with Crippen LogP contribution in [0.5, 0.6) is 0 Å². The summed E-state index contributed by atoms with van der Waals surface area (Å²) in [5.74, 6) is 0. The maximum Gasteiger partial charge on any atom is 0.0792 e. The molecule has 2 heterocycles. The predicted molar refractivity (Wildman–Crippen MR) is 143 cm³/mol. The van der Waals surface area contributed by atoms with E-state index in [1.165, 1.54) is 58.6 Å². The van der Waals surface area contributed by atoms with E-state index in [-0.39, 0.29) is 0 Å². The first-order valence-electron chi connectivity index (χ1n) is 11.2. The topological polar surface area (TPSA) is 12.9 Å². The van der Waals surface area contributed by atoms with Crippen LogP contribution >= 0.6 is 11.3 Å². The Morgan fingerprint density at radius 1 is 0.485 bits per heavy atom. The van der Waals surface area contributed by atoms with Crippen LogP contribution in [0, 0.1) is 0 Å². The number of hydrogen-bond donors (Lipinski definition) is 0. The van der Waals surface area contributed by atoms with Crippen molar-refractivity contribution in [3.05, 3.63) is 115 Å². The van der Waals surface area contributed by atoms with E-state index in [0.29, 0.717) is 0 Å². The van der Waals surface area contributed by atoms with E-state index >= 15 is 0 Å². The Morgan fingerprint density at radius 2 is 1.15 bits per heavy atom. The monoisotopic (exact) mass is 437 g/mol. The van der Waals surface area contributed by atoms with Gasteiger partial charge in [0.15, 0.2) is 0 Å². The van der Waals surface area contributed by atoms with Crippen LogP contribution < -0.4 is 0 Å². The normalized spacial score (nSPS) is 11.6. The highest BCUT2D eigenvalue weighted by atomic mass is 32.1. The van der Waals surface area contributed by atoms with E-state index in [1.807, 2.05) is 17.5 Å². The standard InChI is InChI=1S/C31H19NS/c1-2-10-20(11-3-1)28-21-12-4-5-13-22(21)29(25-16-9-19-32-31(25)28)24-15-8-18-27-30(24)23-14-6-7-17-26(23)33-27/h1-19H. The number of hydrogen-bond acceptors (Lipinski definition) is 2. The van der Waals surface area contributed by atoms with Gasteiger partial charge in [-0.2, -0.15) is 0 Å². The lowest BCUT2D eigenvalue weighted by Crippen LogP contribution is -1.92. The first-order valence-corrected chi connectivity index (χ1v) is 12.0. The number of fused-ring (bicyclic) bond motifs is 5. The molecule has 0 fully saturated rings. The molecule has 0 N–H and O–H groups in total. The van der Waals surface area contributed by atoms with Crippen LogP contribution in [0.2, 0.25) is 0 Å². The highest BCUT2D eigenvalue weighted by Crippen LogP contribution is 2.47. The van der Waals surface area contributed by atoms with Crippen molar-refractivity contribution in [3.8, 4) is 22.3 Å². The van der Waals surface area contributed by atoms with Crippen molar-refractivity contribution in [1.82, 2.24) is 4.98 Å². The van der Waals surface area contributed by atoms with Crippen LogP contribution in [0.3, 0.4) is 0 Å². The maximum absolute atomic E-state index is 4.93. The van der Waals surface area contributed by atoms with Crippen LogP contribution in [0.4, 0.5) is 0 Å². The van der Waals surface area contributed by atoms with E-state index in [1.54, 1.807) is 0 Å². The quantitative estimate of drug-likeness (QED) is 0.246. The molecule has 0 aliphatic rings. The molecule has 2 heteroatoms. The number of thiophene rings is 1. The van der Waals surface area contributed by atoms with Crippen LogP contribution in [0.1, 0.15) is 0 Å². The maximum atomic E-state index is 4.93. The van der Waals surface area contributed by atoms with Gasteiger partial charge in [0.05, 0.1) is 5.52 Å². The minimum Gasteiger partial charge on any atom is -0.256 e. The predicted octanol–water partition coefficient (Wildman–Crippen LogP) is 9.09. The summed E-state index contributed by atoms with van der Waals surface area (Å²) in [4.78, 5) is 4.93. The molecule has 7 rings (SSSR count). The molecular formula is C31H19NS. The van der Waals surface area contributed by atoms with Crippen LogP contribution in [-0.4, -0.2) is 4.98 Å². The van der Waals surface area contributed by atoms with Gasteiger partial charge in [0.2, 0.25) is 0 Å². The summed E-state index contributed by atoms with van der Waals surface area (Å²) in [6.07, 6.45) is 1.91. The molecule has 2 aromatic heterocycles. The molecule has 7 aromatic rings. The van der Waals surface area contributed by atoms with Crippen molar-refractivity contribution in [2.24, 2.45) is 0 Å². The molecule has 0 saturated carbocycles. The highest BCUT2D eigenvalue weighted by Gasteiger charge is 2.19. The SMILES string of the molecule is c1ccc(-c2c3ccccc3c(-c3cccc4sc5ccccc5c34)c3cccnc23)cc1. The third-order valence-electron chi connectivity index (χ3n) is 6.51. The minimum absolute atomic E-state index is 1.05. The van der Waals surface area contributed by atoms with Crippen molar-refractivity contribution in [2.45, 2.75) is 0 Å². The Hall–Kier alpha value is -4.01. The van der Waals surface area contributed by atoms with Gasteiger partial charge in [-0.15, -0.1) is 11.3 Å². The van der Waals surface area contributed by atoms with Crippen molar-refractivity contribution in [3.63, 3.8) is 0 Å². The summed E-state index contributed by atoms with van der Waals surface area (Å²) in [6.45, 7) is 0. The smallest absolute Gasteiger partial charge is 0.0792 e. The zero-order valence-electron chi connectivity index (χ0n) is 17.8. The molecule has 0 spiro atoms. The van der Waals surface area contributed by atoms with E-state index in [4.69, 9.17) is 4.98 Å². The molecular weight excluding hydrogens is 418 g/mol. The molecule has 0 atom stereocenters. The molecule has 0 amide bonds. The summed E-state index contributed by atoms with van der Waals surface area (Å²) in [6, 6.07) is 39.1. The molecule has 0 aliphatic carbocycles. The second-order valence-corrected chi connectivity index (χ2v) is 9.42. The Labute approximate surface area is 195 Å². The third kappa shape index (κ3) is 2.75. The van der Waals surface area contributed by atoms with Gasteiger partial charge in [-0.3, -0.25) is 4.98 Å². The van der Waals surface area contributed by atoms with Crippen LogP contribution in [0.15, 0.2) is 115 Å². The molecule has 0 unspecified atom stereocenters. The molecule has 0 radical (unpaired) electrons. The lowest BCUT2D eigenvalue weighted by atomic mass is 9.87. The van der Waals surface area contributed by atoms with Crippen molar-refractivity contribution in [1.29, 1.82) is 0 Å². The number of nitrogens with zero attached hydrogens (tertiary/aromatic N) is 1. The van der Waals surface area contributed by atoms with Gasteiger partial charge in [0.1, 0.15) is 0 Å². The Kier molecular flexibility index (Phi) is 4.08. The number of benzene rings is 5. The molecule has 0 aliphatic heterocycles. The van der Waals surface area contributed by atoms with Gasteiger partial charge in [-0.1, -0.05) is 91.0 Å². The van der Waals surface area contributed by atoms with E-state index < -0.39 is 0 Å². The second-order valence-electron chi connectivity index (χ2n) is 8.34. The molecule has 154 valence electrons. The van der Waals surface area contributed by atoms with E-state index in [2.05, 4.69) is 109 Å². The zero-order valence-corrected chi connectivity index (χ0v) is 18.6. The van der Waals surface area contributed by atoms with Crippen molar-refractivity contribution < 1.29 is 0 Å². The Morgan fingerprint density at radius 3 is 2.00 bits per heavy atom. The average Bonchev–Trinajstić information content (AvgIpc) is 3.27. The van der Waals surface area contributed by atoms with Crippen LogP contribution in [0.25, 0.3) is 64.1 Å². The summed E-state index contributed by atoms with van der Waals surface area (Å²) in [5.41, 5.74) is 5.99. The fraction of sp³-hybridized carbons (Fsp3) is 0. The summed E-state index contributed by atoms with van der Waals surface area (Å²) in [7, 11) is 0. The summed E-state index contributed by atoms with van der Waals surface area (Å²) < 4.78 is 2.65. The molecule has 33 heavy (non-hydrogen) atoms. The number of aromatic nitrogens is 1. The molecule has 0 saturated heterocycles. The second kappa shape index (κ2) is 7.26. The minimum atomic E-state index is 1.05. The lowest BCUT2D eigenvalue weighted by molar-refractivity contribution is 1.42. The average molecular weight is 438 g/mol. The van der Waals surface area contributed by atoms with Gasteiger partial charge < -0.3 is 0 Å².